The lowest BCUT2D eigenvalue weighted by atomic mass is 10.0. The van der Waals surface area contributed by atoms with E-state index in [2.05, 4.69) is 4.98 Å². The smallest absolute Gasteiger partial charge is 0.226 e. The van der Waals surface area contributed by atoms with Gasteiger partial charge in [0.05, 0.1) is 11.6 Å². The van der Waals surface area contributed by atoms with Gasteiger partial charge in [-0.15, -0.1) is 0 Å². The van der Waals surface area contributed by atoms with Crippen molar-refractivity contribution in [3.63, 3.8) is 0 Å². The largest absolute Gasteiger partial charge is 0.369 e. The lowest BCUT2D eigenvalue weighted by molar-refractivity contribution is -0.119. The zero-order valence-corrected chi connectivity index (χ0v) is 7.95. The maximum atomic E-state index is 11.0. The van der Waals surface area contributed by atoms with Gasteiger partial charge >= 0.3 is 0 Å². The van der Waals surface area contributed by atoms with Gasteiger partial charge in [0.25, 0.3) is 0 Å². The zero-order valence-electron chi connectivity index (χ0n) is 7.95. The Labute approximate surface area is 78.0 Å². The van der Waals surface area contributed by atoms with Crippen molar-refractivity contribution in [3.05, 3.63) is 29.6 Å². The van der Waals surface area contributed by atoms with Crippen molar-refractivity contribution in [3.8, 4) is 0 Å². The molecule has 0 aliphatic carbocycles. The summed E-state index contributed by atoms with van der Waals surface area (Å²) in [7, 11) is 0. The van der Waals surface area contributed by atoms with Gasteiger partial charge in [-0.2, -0.15) is 0 Å². The van der Waals surface area contributed by atoms with Gasteiger partial charge in [-0.1, -0.05) is 6.92 Å². The number of aryl methyl sites for hydroxylation is 1. The second-order valence-corrected chi connectivity index (χ2v) is 3.12. The van der Waals surface area contributed by atoms with Gasteiger partial charge in [0.2, 0.25) is 5.91 Å². The molecule has 0 radical (unpaired) electrons. The number of pyridine rings is 1. The quantitative estimate of drug-likeness (QED) is 0.760. The molecule has 0 fully saturated rings. The minimum atomic E-state index is -0.305. The lowest BCUT2D eigenvalue weighted by Gasteiger charge is -2.09. The Balaban J connectivity index is 2.98. The van der Waals surface area contributed by atoms with Gasteiger partial charge in [-0.05, 0) is 31.0 Å². The Hall–Kier alpha value is -1.38. The molecule has 0 spiro atoms. The summed E-state index contributed by atoms with van der Waals surface area (Å²) in [5, 5.41) is 0. The lowest BCUT2D eigenvalue weighted by Crippen LogP contribution is -2.21. The van der Waals surface area contributed by atoms with Crippen LogP contribution in [0.3, 0.4) is 0 Å². The first-order valence-corrected chi connectivity index (χ1v) is 4.37. The minimum absolute atomic E-state index is 0.250. The Kier molecular flexibility index (Phi) is 3.01. The van der Waals surface area contributed by atoms with Crippen LogP contribution in [0.15, 0.2) is 18.3 Å². The van der Waals surface area contributed by atoms with E-state index in [1.165, 1.54) is 0 Å². The molecule has 1 aromatic heterocycles. The molecule has 70 valence electrons. The zero-order chi connectivity index (χ0) is 9.84. The predicted molar refractivity (Wildman–Crippen MR) is 51.2 cm³/mol. The molecule has 1 unspecified atom stereocenters. The van der Waals surface area contributed by atoms with Crippen molar-refractivity contribution in [2.24, 2.45) is 5.73 Å². The third-order valence-electron chi connectivity index (χ3n) is 2.05. The summed E-state index contributed by atoms with van der Waals surface area (Å²) in [6.45, 7) is 3.90. The summed E-state index contributed by atoms with van der Waals surface area (Å²) in [6, 6.07) is 3.80. The van der Waals surface area contributed by atoms with Crippen molar-refractivity contribution in [1.82, 2.24) is 4.98 Å². The molecule has 1 aromatic rings. The van der Waals surface area contributed by atoms with Gasteiger partial charge in [0, 0.05) is 6.20 Å². The van der Waals surface area contributed by atoms with E-state index < -0.39 is 0 Å². The van der Waals surface area contributed by atoms with E-state index in [4.69, 9.17) is 5.73 Å². The van der Waals surface area contributed by atoms with Crippen molar-refractivity contribution in [1.29, 1.82) is 0 Å². The summed E-state index contributed by atoms with van der Waals surface area (Å²) in [5.41, 5.74) is 7.13. The monoisotopic (exact) mass is 178 g/mol. The molecular formula is C10H14N2O. The molecule has 3 nitrogen and oxygen atoms in total. The van der Waals surface area contributed by atoms with Crippen LogP contribution in [0.2, 0.25) is 0 Å². The van der Waals surface area contributed by atoms with Crippen LogP contribution in [0.25, 0.3) is 0 Å². The first-order valence-electron chi connectivity index (χ1n) is 4.37. The van der Waals surface area contributed by atoms with Crippen LogP contribution >= 0.6 is 0 Å². The fourth-order valence-electron chi connectivity index (χ4n) is 1.31. The highest BCUT2D eigenvalue weighted by Crippen LogP contribution is 2.16. The Bertz CT molecular complexity index is 310. The molecule has 1 atom stereocenters. The van der Waals surface area contributed by atoms with Crippen LogP contribution in [0, 0.1) is 6.92 Å². The molecule has 0 saturated heterocycles. The Morgan fingerprint density at radius 3 is 2.85 bits per heavy atom. The van der Waals surface area contributed by atoms with E-state index >= 15 is 0 Å². The maximum absolute atomic E-state index is 11.0. The fraction of sp³-hybridized carbons (Fsp3) is 0.400. The standard InChI is InChI=1S/C10H14N2O/c1-3-8(10(11)13)9-6-7(2)4-5-12-9/h4-6,8H,3H2,1-2H3,(H2,11,13). The van der Waals surface area contributed by atoms with Crippen LogP contribution < -0.4 is 5.73 Å². The Morgan fingerprint density at radius 2 is 2.38 bits per heavy atom. The number of carbonyl (C=O) groups excluding carboxylic acids is 1. The summed E-state index contributed by atoms with van der Waals surface area (Å²) >= 11 is 0. The number of carbonyl (C=O) groups is 1. The molecule has 3 heteroatoms. The van der Waals surface area contributed by atoms with Crippen LogP contribution in [0.5, 0.6) is 0 Å². The van der Waals surface area contributed by atoms with Crippen LogP contribution in [-0.2, 0) is 4.79 Å². The van der Waals surface area contributed by atoms with E-state index in [1.54, 1.807) is 6.20 Å². The fourth-order valence-corrected chi connectivity index (χ4v) is 1.31. The summed E-state index contributed by atoms with van der Waals surface area (Å²) in [5.74, 6) is -0.555. The third kappa shape index (κ3) is 2.28. The molecule has 1 rings (SSSR count). The van der Waals surface area contributed by atoms with Crippen LogP contribution in [-0.4, -0.2) is 10.9 Å². The minimum Gasteiger partial charge on any atom is -0.369 e. The van der Waals surface area contributed by atoms with E-state index in [0.717, 1.165) is 11.3 Å². The summed E-state index contributed by atoms with van der Waals surface area (Å²) < 4.78 is 0. The molecule has 0 saturated carbocycles. The van der Waals surface area contributed by atoms with E-state index in [0.29, 0.717) is 6.42 Å². The van der Waals surface area contributed by atoms with Gasteiger partial charge in [-0.3, -0.25) is 9.78 Å². The average Bonchev–Trinajstić information content (AvgIpc) is 2.04. The van der Waals surface area contributed by atoms with Crippen molar-refractivity contribution < 1.29 is 4.79 Å². The van der Waals surface area contributed by atoms with Crippen LogP contribution in [0.1, 0.15) is 30.5 Å². The first kappa shape index (κ1) is 9.71. The molecule has 0 aliphatic rings. The predicted octanol–water partition coefficient (Wildman–Crippen LogP) is 1.37. The van der Waals surface area contributed by atoms with Crippen molar-refractivity contribution in [2.75, 3.05) is 0 Å². The topological polar surface area (TPSA) is 56.0 Å². The van der Waals surface area contributed by atoms with Gasteiger partial charge in [0.1, 0.15) is 0 Å². The molecule has 1 amide bonds. The molecular weight excluding hydrogens is 164 g/mol. The second-order valence-electron chi connectivity index (χ2n) is 3.12. The summed E-state index contributed by atoms with van der Waals surface area (Å²) in [6.07, 6.45) is 2.40. The van der Waals surface area contributed by atoms with E-state index in [-0.39, 0.29) is 11.8 Å². The van der Waals surface area contributed by atoms with Crippen LogP contribution in [0.4, 0.5) is 0 Å². The van der Waals surface area contributed by atoms with E-state index in [1.807, 2.05) is 26.0 Å². The SMILES string of the molecule is CCC(C(N)=O)c1cc(C)ccn1. The number of aromatic nitrogens is 1. The van der Waals surface area contributed by atoms with Gasteiger partial charge in [-0.25, -0.2) is 0 Å². The highest BCUT2D eigenvalue weighted by atomic mass is 16.1. The van der Waals surface area contributed by atoms with E-state index in [9.17, 15) is 4.79 Å². The molecule has 0 bridgehead atoms. The van der Waals surface area contributed by atoms with Gasteiger partial charge < -0.3 is 5.73 Å². The highest BCUT2D eigenvalue weighted by Gasteiger charge is 2.16. The number of nitrogens with zero attached hydrogens (tertiary/aromatic N) is 1. The normalized spacial score (nSPS) is 12.5. The number of nitrogens with two attached hydrogens (primary N) is 1. The summed E-state index contributed by atoms with van der Waals surface area (Å²) in [4.78, 5) is 15.2. The number of hydrogen-bond donors (Lipinski definition) is 1. The maximum Gasteiger partial charge on any atom is 0.226 e. The number of hydrogen-bond acceptors (Lipinski definition) is 2. The second kappa shape index (κ2) is 4.03. The average molecular weight is 178 g/mol. The Morgan fingerprint density at radius 1 is 1.69 bits per heavy atom. The molecule has 1 heterocycles. The highest BCUT2D eigenvalue weighted by molar-refractivity contribution is 5.81. The van der Waals surface area contributed by atoms with Crippen molar-refractivity contribution in [2.45, 2.75) is 26.2 Å². The number of rotatable bonds is 3. The molecule has 2 N–H and O–H groups in total. The first-order chi connectivity index (χ1) is 6.15. The van der Waals surface area contributed by atoms with Crippen molar-refractivity contribution >= 4 is 5.91 Å². The number of amides is 1. The molecule has 0 aromatic carbocycles. The van der Waals surface area contributed by atoms with Gasteiger partial charge in [0.15, 0.2) is 0 Å². The molecule has 13 heavy (non-hydrogen) atoms. The third-order valence-corrected chi connectivity index (χ3v) is 2.05. The molecule has 0 aliphatic heterocycles. The number of primary amides is 1.